The first-order valence-electron chi connectivity index (χ1n) is 10.6. The van der Waals surface area contributed by atoms with Gasteiger partial charge in [0, 0.05) is 6.42 Å². The van der Waals surface area contributed by atoms with Crippen molar-refractivity contribution in [2.75, 3.05) is 0 Å². The molecule has 0 amide bonds. The summed E-state index contributed by atoms with van der Waals surface area (Å²) in [7, 11) is 0. The fourth-order valence-electron chi connectivity index (χ4n) is 3.22. The van der Waals surface area contributed by atoms with E-state index in [2.05, 4.69) is 6.92 Å². The zero-order valence-electron chi connectivity index (χ0n) is 16.7. The van der Waals surface area contributed by atoms with Gasteiger partial charge in [-0.1, -0.05) is 90.4 Å². The maximum atomic E-state index is 13.2. The predicted molar refractivity (Wildman–Crippen MR) is 107 cm³/mol. The van der Waals surface area contributed by atoms with Crippen molar-refractivity contribution in [1.82, 2.24) is 9.55 Å². The molecule has 1 N–H and O–H groups in total. The number of nitrogens with one attached hydrogen (secondary N) is 1. The third-order valence-electron chi connectivity index (χ3n) is 4.91. The summed E-state index contributed by atoms with van der Waals surface area (Å²) in [6.45, 7) is 2.24. The molecule has 154 valence electrons. The van der Waals surface area contributed by atoms with E-state index in [0.29, 0.717) is 17.2 Å². The number of nitrogens with zero attached hydrogens (tertiary/aromatic N) is 1. The van der Waals surface area contributed by atoms with E-state index in [0.717, 1.165) is 19.3 Å². The second kappa shape index (κ2) is 14.4. The summed E-state index contributed by atoms with van der Waals surface area (Å²) in [5.41, 5.74) is -1.97. The molecule has 0 bridgehead atoms. The topological polar surface area (TPSA) is 71.9 Å². The molecule has 0 aromatic carbocycles. The van der Waals surface area contributed by atoms with Crippen molar-refractivity contribution in [2.45, 2.75) is 103 Å². The minimum Gasteiger partial charge on any atom is -0.274 e. The summed E-state index contributed by atoms with van der Waals surface area (Å²) < 4.78 is 13.8. The van der Waals surface area contributed by atoms with Crippen molar-refractivity contribution in [3.63, 3.8) is 0 Å². The molecular weight excluding hydrogens is 347 g/mol. The molecule has 0 aliphatic heterocycles. The van der Waals surface area contributed by atoms with Crippen LogP contribution in [0.4, 0.5) is 4.39 Å². The molecule has 27 heavy (non-hydrogen) atoms. The quantitative estimate of drug-likeness (QED) is 0.424. The molecule has 1 heterocycles. The normalized spacial score (nSPS) is 11.0. The maximum absolute atomic E-state index is 13.2. The highest BCUT2D eigenvalue weighted by molar-refractivity contribution is 5.78. The third kappa shape index (κ3) is 10.3. The molecule has 6 heteroatoms. The molecule has 1 aromatic rings. The molecule has 0 aliphatic carbocycles. The van der Waals surface area contributed by atoms with Gasteiger partial charge in [-0.15, -0.1) is 0 Å². The number of carbonyl (C=O) groups excluding carboxylic acids is 1. The summed E-state index contributed by atoms with van der Waals surface area (Å²) in [6, 6.07) is 0. The molecule has 0 atom stereocenters. The van der Waals surface area contributed by atoms with E-state index in [-0.39, 0.29) is 6.42 Å². The van der Waals surface area contributed by atoms with Gasteiger partial charge in [0.25, 0.3) is 5.56 Å². The standard InChI is InChI=1S/C21H35FN2O3/c1-2-3-4-5-6-7-8-9-10-11-12-13-14-15-16-19(25)24-17-18(22)20(26)23-21(24)27/h17H,2-16H2,1H3,(H,23,26,27). The summed E-state index contributed by atoms with van der Waals surface area (Å²) in [4.78, 5) is 36.2. The lowest BCUT2D eigenvalue weighted by Gasteiger charge is -2.04. The first-order chi connectivity index (χ1) is 13.1. The van der Waals surface area contributed by atoms with Gasteiger partial charge in [0.15, 0.2) is 0 Å². The Kier molecular flexibility index (Phi) is 12.4. The largest absolute Gasteiger partial charge is 0.335 e. The Hall–Kier alpha value is -1.72. The lowest BCUT2D eigenvalue weighted by atomic mass is 10.0. The molecular formula is C21H35FN2O3. The fraction of sp³-hybridized carbons (Fsp3) is 0.762. The minimum atomic E-state index is -1.12. The molecule has 0 saturated carbocycles. The Morgan fingerprint density at radius 1 is 0.852 bits per heavy atom. The Bertz CT molecular complexity index is 652. The summed E-state index contributed by atoms with van der Waals surface area (Å²) in [5, 5.41) is 0. The van der Waals surface area contributed by atoms with Gasteiger partial charge >= 0.3 is 5.69 Å². The number of aromatic amines is 1. The number of H-pyrrole nitrogens is 1. The number of carbonyl (C=O) groups is 1. The van der Waals surface area contributed by atoms with Crippen molar-refractivity contribution in [3.05, 3.63) is 32.9 Å². The maximum Gasteiger partial charge on any atom is 0.335 e. The summed E-state index contributed by atoms with van der Waals surface area (Å²) >= 11 is 0. The van der Waals surface area contributed by atoms with Crippen molar-refractivity contribution < 1.29 is 9.18 Å². The van der Waals surface area contributed by atoms with Crippen molar-refractivity contribution in [2.24, 2.45) is 0 Å². The van der Waals surface area contributed by atoms with Crippen LogP contribution in [0.25, 0.3) is 0 Å². The van der Waals surface area contributed by atoms with Crippen LogP contribution in [0.1, 0.15) is 108 Å². The van der Waals surface area contributed by atoms with Crippen LogP contribution in [-0.4, -0.2) is 15.5 Å². The fourth-order valence-corrected chi connectivity index (χ4v) is 3.22. The molecule has 0 saturated heterocycles. The van der Waals surface area contributed by atoms with Crippen molar-refractivity contribution in [3.8, 4) is 0 Å². The molecule has 1 rings (SSSR count). The first kappa shape index (κ1) is 23.3. The van der Waals surface area contributed by atoms with Crippen LogP contribution < -0.4 is 11.2 Å². The van der Waals surface area contributed by atoms with Gasteiger partial charge < -0.3 is 0 Å². The number of rotatable bonds is 15. The lowest BCUT2D eigenvalue weighted by molar-refractivity contribution is 0.0891. The van der Waals surface area contributed by atoms with E-state index in [9.17, 15) is 18.8 Å². The average molecular weight is 383 g/mol. The van der Waals surface area contributed by atoms with Crippen LogP contribution in [0.2, 0.25) is 0 Å². The van der Waals surface area contributed by atoms with Gasteiger partial charge in [-0.3, -0.25) is 14.6 Å². The summed E-state index contributed by atoms with van der Waals surface area (Å²) in [5.74, 6) is -1.60. The lowest BCUT2D eigenvalue weighted by Crippen LogP contribution is -2.34. The van der Waals surface area contributed by atoms with Gasteiger partial charge in [-0.25, -0.2) is 9.36 Å². The Labute approximate surface area is 161 Å². The second-order valence-electron chi connectivity index (χ2n) is 7.35. The van der Waals surface area contributed by atoms with E-state index in [4.69, 9.17) is 0 Å². The highest BCUT2D eigenvalue weighted by Gasteiger charge is 2.10. The van der Waals surface area contributed by atoms with E-state index in [1.165, 1.54) is 64.2 Å². The predicted octanol–water partition coefficient (Wildman–Crippen LogP) is 5.19. The zero-order chi connectivity index (χ0) is 19.9. The highest BCUT2D eigenvalue weighted by atomic mass is 19.1. The molecule has 0 aliphatic rings. The van der Waals surface area contributed by atoms with E-state index >= 15 is 0 Å². The molecule has 5 nitrogen and oxygen atoms in total. The Morgan fingerprint density at radius 3 is 1.78 bits per heavy atom. The van der Waals surface area contributed by atoms with E-state index in [1.54, 1.807) is 4.98 Å². The van der Waals surface area contributed by atoms with Gasteiger partial charge in [-0.2, -0.15) is 4.39 Å². The monoisotopic (exact) mass is 382 g/mol. The minimum absolute atomic E-state index is 0.184. The number of aromatic nitrogens is 2. The first-order valence-corrected chi connectivity index (χ1v) is 10.6. The SMILES string of the molecule is CCCCCCCCCCCCCCCCC(=O)n1cc(F)c(=O)[nH]c1=O. The van der Waals surface area contributed by atoms with Gasteiger partial charge in [0.2, 0.25) is 11.7 Å². The van der Waals surface area contributed by atoms with Crippen molar-refractivity contribution in [1.29, 1.82) is 0 Å². The molecule has 0 unspecified atom stereocenters. The van der Waals surface area contributed by atoms with Crippen molar-refractivity contribution >= 4 is 5.91 Å². The average Bonchev–Trinajstić information content (AvgIpc) is 2.64. The number of hydrogen-bond donors (Lipinski definition) is 1. The van der Waals surface area contributed by atoms with Crippen LogP contribution in [0.15, 0.2) is 15.8 Å². The smallest absolute Gasteiger partial charge is 0.274 e. The molecule has 0 spiro atoms. The van der Waals surface area contributed by atoms with Gasteiger partial charge in [-0.05, 0) is 6.42 Å². The zero-order valence-corrected chi connectivity index (χ0v) is 16.7. The van der Waals surface area contributed by atoms with Crippen LogP contribution in [-0.2, 0) is 0 Å². The van der Waals surface area contributed by atoms with E-state index < -0.39 is 23.0 Å². The second-order valence-corrected chi connectivity index (χ2v) is 7.35. The van der Waals surface area contributed by atoms with Crippen LogP contribution in [0.3, 0.4) is 0 Å². The third-order valence-corrected chi connectivity index (χ3v) is 4.91. The van der Waals surface area contributed by atoms with E-state index in [1.807, 2.05) is 0 Å². The van der Waals surface area contributed by atoms with Crippen LogP contribution >= 0.6 is 0 Å². The highest BCUT2D eigenvalue weighted by Crippen LogP contribution is 2.13. The van der Waals surface area contributed by atoms with Crippen LogP contribution in [0, 0.1) is 5.82 Å². The Balaban J connectivity index is 1.99. The number of unbranched alkanes of at least 4 members (excludes halogenated alkanes) is 13. The molecule has 0 fully saturated rings. The molecule has 1 aromatic heterocycles. The molecule has 0 radical (unpaired) electrons. The number of hydrogen-bond acceptors (Lipinski definition) is 3. The van der Waals surface area contributed by atoms with Crippen LogP contribution in [0.5, 0.6) is 0 Å². The Morgan fingerprint density at radius 2 is 1.30 bits per heavy atom. The van der Waals surface area contributed by atoms with Gasteiger partial charge in [0.1, 0.15) is 0 Å². The van der Waals surface area contributed by atoms with Gasteiger partial charge in [0.05, 0.1) is 6.20 Å². The summed E-state index contributed by atoms with van der Waals surface area (Å²) in [6.07, 6.45) is 18.0. The number of halogens is 1.